The number of para-hydroxylation sites is 2. The van der Waals surface area contributed by atoms with Gasteiger partial charge in [-0.05, 0) is 54.6 Å². The Morgan fingerprint density at radius 1 is 0.850 bits per heavy atom. The van der Waals surface area contributed by atoms with E-state index >= 15 is 0 Å². The molecule has 4 aromatic rings. The van der Waals surface area contributed by atoms with Crippen molar-refractivity contribution < 1.29 is 19.1 Å². The van der Waals surface area contributed by atoms with Crippen molar-refractivity contribution >= 4 is 58.5 Å². The van der Waals surface area contributed by atoms with Crippen LogP contribution in [0.5, 0.6) is 5.75 Å². The van der Waals surface area contributed by atoms with Gasteiger partial charge in [0.25, 0.3) is 11.8 Å². The second-order valence-electron chi connectivity index (χ2n) is 8.42. The van der Waals surface area contributed by atoms with Crippen molar-refractivity contribution in [3.63, 3.8) is 0 Å². The van der Waals surface area contributed by atoms with Crippen LogP contribution in [0.1, 0.15) is 15.9 Å². The highest BCUT2D eigenvalue weighted by atomic mass is 35.5. The molecule has 0 aliphatic rings. The first-order valence-corrected chi connectivity index (χ1v) is 13.6. The molecular weight excluding hydrogens is 546 g/mol. The number of amides is 3. The molecule has 0 aliphatic carbocycles. The molecule has 202 valence electrons. The van der Waals surface area contributed by atoms with Crippen LogP contribution in [0.2, 0.25) is 5.02 Å². The van der Waals surface area contributed by atoms with Crippen LogP contribution in [0.4, 0.5) is 11.4 Å². The standard InChI is InChI=1S/C31H26ClN3O4S/c1-39-28-17-8-5-12-22(28)18-27(35-30(37)21-10-3-2-4-11-21)31(38)33-23-13-9-14-24(19-23)40-20-29(36)34-26-16-7-6-15-25(26)32/h2-19H,20H2,1H3,(H,33,38)(H,34,36)(H,35,37)/b27-18+. The Morgan fingerprint density at radius 2 is 1.57 bits per heavy atom. The van der Waals surface area contributed by atoms with Gasteiger partial charge in [-0.25, -0.2) is 0 Å². The maximum Gasteiger partial charge on any atom is 0.272 e. The van der Waals surface area contributed by atoms with Gasteiger partial charge in [-0.2, -0.15) is 0 Å². The number of rotatable bonds is 10. The molecule has 7 nitrogen and oxygen atoms in total. The number of hydrogen-bond acceptors (Lipinski definition) is 5. The predicted molar refractivity (Wildman–Crippen MR) is 161 cm³/mol. The Morgan fingerprint density at radius 3 is 2.35 bits per heavy atom. The van der Waals surface area contributed by atoms with E-state index in [9.17, 15) is 14.4 Å². The highest BCUT2D eigenvalue weighted by molar-refractivity contribution is 8.00. The summed E-state index contributed by atoms with van der Waals surface area (Å²) in [5, 5.41) is 8.81. The highest BCUT2D eigenvalue weighted by Crippen LogP contribution is 2.25. The lowest BCUT2D eigenvalue weighted by atomic mass is 10.1. The summed E-state index contributed by atoms with van der Waals surface area (Å²) in [6, 6.07) is 29.9. The van der Waals surface area contributed by atoms with Crippen molar-refractivity contribution in [2.75, 3.05) is 23.5 Å². The predicted octanol–water partition coefficient (Wildman–Crippen LogP) is 6.49. The molecule has 3 amide bonds. The molecule has 0 unspecified atom stereocenters. The number of halogens is 1. The average molecular weight is 572 g/mol. The Kier molecular flexibility index (Phi) is 9.99. The molecule has 4 rings (SSSR count). The molecule has 40 heavy (non-hydrogen) atoms. The van der Waals surface area contributed by atoms with E-state index in [4.69, 9.17) is 16.3 Å². The molecule has 0 atom stereocenters. The van der Waals surface area contributed by atoms with Crippen LogP contribution < -0.4 is 20.7 Å². The van der Waals surface area contributed by atoms with Gasteiger partial charge in [0, 0.05) is 21.7 Å². The van der Waals surface area contributed by atoms with Crippen LogP contribution in [0.3, 0.4) is 0 Å². The van der Waals surface area contributed by atoms with Crippen LogP contribution in [0.15, 0.2) is 114 Å². The molecule has 0 saturated heterocycles. The molecule has 0 radical (unpaired) electrons. The lowest BCUT2D eigenvalue weighted by Gasteiger charge is -2.13. The summed E-state index contributed by atoms with van der Waals surface area (Å²) in [7, 11) is 1.53. The number of benzene rings is 4. The number of carbonyl (C=O) groups excluding carboxylic acids is 3. The summed E-state index contributed by atoms with van der Waals surface area (Å²) in [5.74, 6) is -0.456. The minimum Gasteiger partial charge on any atom is -0.496 e. The topological polar surface area (TPSA) is 96.5 Å². The third-order valence-electron chi connectivity index (χ3n) is 5.58. The zero-order valence-corrected chi connectivity index (χ0v) is 23.1. The summed E-state index contributed by atoms with van der Waals surface area (Å²) < 4.78 is 5.41. The van der Waals surface area contributed by atoms with E-state index in [1.807, 2.05) is 18.2 Å². The van der Waals surface area contributed by atoms with Crippen molar-refractivity contribution in [3.05, 3.63) is 125 Å². The minimum absolute atomic E-state index is 0.0375. The average Bonchev–Trinajstić information content (AvgIpc) is 2.98. The van der Waals surface area contributed by atoms with Crippen molar-refractivity contribution in [2.24, 2.45) is 0 Å². The van der Waals surface area contributed by atoms with Gasteiger partial charge in [-0.1, -0.05) is 66.2 Å². The zero-order chi connectivity index (χ0) is 28.3. The molecular formula is C31H26ClN3O4S. The fraction of sp³-hybridized carbons (Fsp3) is 0.0645. The Balaban J connectivity index is 1.48. The number of methoxy groups -OCH3 is 1. The summed E-state index contributed by atoms with van der Waals surface area (Å²) >= 11 is 7.43. The quantitative estimate of drug-likeness (QED) is 0.149. The van der Waals surface area contributed by atoms with Gasteiger partial charge in [0.1, 0.15) is 11.4 Å². The normalized spacial score (nSPS) is 10.9. The number of hydrogen-bond donors (Lipinski definition) is 3. The van der Waals surface area contributed by atoms with E-state index in [-0.39, 0.29) is 17.4 Å². The number of thioether (sulfide) groups is 1. The summed E-state index contributed by atoms with van der Waals surface area (Å²) in [5.41, 5.74) is 2.12. The minimum atomic E-state index is -0.520. The Bertz CT molecular complexity index is 1540. The van der Waals surface area contributed by atoms with Gasteiger partial charge in [-0.3, -0.25) is 14.4 Å². The third-order valence-corrected chi connectivity index (χ3v) is 6.90. The second kappa shape index (κ2) is 14.0. The van der Waals surface area contributed by atoms with Crippen molar-refractivity contribution in [2.45, 2.75) is 4.90 Å². The first-order valence-electron chi connectivity index (χ1n) is 12.2. The molecule has 0 heterocycles. The van der Waals surface area contributed by atoms with E-state index in [1.165, 1.54) is 18.9 Å². The van der Waals surface area contributed by atoms with Gasteiger partial charge >= 0.3 is 0 Å². The summed E-state index contributed by atoms with van der Waals surface area (Å²) in [4.78, 5) is 39.5. The molecule has 0 saturated carbocycles. The van der Waals surface area contributed by atoms with Gasteiger partial charge in [-0.15, -0.1) is 11.8 Å². The van der Waals surface area contributed by atoms with Gasteiger partial charge in [0.05, 0.1) is 23.6 Å². The summed E-state index contributed by atoms with van der Waals surface area (Å²) in [6.45, 7) is 0. The fourth-order valence-electron chi connectivity index (χ4n) is 3.64. The highest BCUT2D eigenvalue weighted by Gasteiger charge is 2.16. The monoisotopic (exact) mass is 571 g/mol. The molecule has 0 aromatic heterocycles. The van der Waals surface area contributed by atoms with Gasteiger partial charge in [0.15, 0.2) is 0 Å². The molecule has 9 heteroatoms. The second-order valence-corrected chi connectivity index (χ2v) is 9.87. The largest absolute Gasteiger partial charge is 0.496 e. The maximum absolute atomic E-state index is 13.4. The maximum atomic E-state index is 13.4. The summed E-state index contributed by atoms with van der Waals surface area (Å²) in [6.07, 6.45) is 1.56. The van der Waals surface area contributed by atoms with Crippen LogP contribution >= 0.6 is 23.4 Å². The zero-order valence-electron chi connectivity index (χ0n) is 21.5. The molecule has 3 N–H and O–H groups in total. The number of ether oxygens (including phenoxy) is 1. The lowest BCUT2D eigenvalue weighted by Crippen LogP contribution is -2.30. The Hall–Kier alpha value is -4.53. The fourth-order valence-corrected chi connectivity index (χ4v) is 4.58. The number of carbonyl (C=O) groups is 3. The van der Waals surface area contributed by atoms with Crippen LogP contribution in [-0.4, -0.2) is 30.6 Å². The molecule has 0 bridgehead atoms. The third kappa shape index (κ3) is 7.99. The first kappa shape index (κ1) is 28.5. The SMILES string of the molecule is COc1ccccc1/C=C(/NC(=O)c1ccccc1)C(=O)Nc1cccc(SCC(=O)Nc2ccccc2Cl)c1. The van der Waals surface area contributed by atoms with Crippen molar-refractivity contribution in [1.29, 1.82) is 0 Å². The van der Waals surface area contributed by atoms with E-state index in [0.717, 1.165) is 4.90 Å². The van der Waals surface area contributed by atoms with E-state index in [2.05, 4.69) is 16.0 Å². The molecule has 0 fully saturated rings. The van der Waals surface area contributed by atoms with Gasteiger partial charge in [0.2, 0.25) is 5.91 Å². The smallest absolute Gasteiger partial charge is 0.272 e. The van der Waals surface area contributed by atoms with Crippen LogP contribution in [-0.2, 0) is 9.59 Å². The number of nitrogens with one attached hydrogen (secondary N) is 3. The Labute approximate surface area is 241 Å². The van der Waals surface area contributed by atoms with Crippen molar-refractivity contribution in [3.8, 4) is 5.75 Å². The lowest BCUT2D eigenvalue weighted by molar-refractivity contribution is -0.114. The van der Waals surface area contributed by atoms with E-state index in [0.29, 0.717) is 33.3 Å². The van der Waals surface area contributed by atoms with Gasteiger partial charge < -0.3 is 20.7 Å². The molecule has 0 aliphatic heterocycles. The molecule has 4 aromatic carbocycles. The van der Waals surface area contributed by atoms with Crippen LogP contribution in [0, 0.1) is 0 Å². The van der Waals surface area contributed by atoms with E-state index in [1.54, 1.807) is 91.0 Å². The van der Waals surface area contributed by atoms with Crippen LogP contribution in [0.25, 0.3) is 6.08 Å². The van der Waals surface area contributed by atoms with Crippen molar-refractivity contribution in [1.82, 2.24) is 5.32 Å². The number of anilines is 2. The molecule has 0 spiro atoms. The van der Waals surface area contributed by atoms with E-state index < -0.39 is 11.8 Å². The first-order chi connectivity index (χ1) is 19.4.